The van der Waals surface area contributed by atoms with Crippen LogP contribution in [0.3, 0.4) is 0 Å². The highest BCUT2D eigenvalue weighted by Gasteiger charge is 2.19. The van der Waals surface area contributed by atoms with E-state index in [2.05, 4.69) is 17.1 Å². The van der Waals surface area contributed by atoms with Gasteiger partial charge in [0.1, 0.15) is 6.54 Å². The Bertz CT molecular complexity index is 1150. The third-order valence-electron chi connectivity index (χ3n) is 4.70. The van der Waals surface area contributed by atoms with E-state index >= 15 is 0 Å². The van der Waals surface area contributed by atoms with E-state index in [0.717, 1.165) is 28.1 Å². The second-order valence-electron chi connectivity index (χ2n) is 6.87. The molecule has 4 rings (SSSR count). The van der Waals surface area contributed by atoms with Gasteiger partial charge in [-0.05, 0) is 17.7 Å². The second kappa shape index (κ2) is 10.0. The van der Waals surface area contributed by atoms with E-state index in [1.807, 2.05) is 24.3 Å². The topological polar surface area (TPSA) is 79.1 Å². The molecule has 0 fully saturated rings. The third kappa shape index (κ3) is 5.29. The Morgan fingerprint density at radius 2 is 1.97 bits per heavy atom. The summed E-state index contributed by atoms with van der Waals surface area (Å²) in [6, 6.07) is 13.9. The summed E-state index contributed by atoms with van der Waals surface area (Å²) in [4.78, 5) is 29.2. The van der Waals surface area contributed by atoms with Crippen LogP contribution in [0.15, 0.2) is 47.5 Å². The maximum absolute atomic E-state index is 12.5. The molecule has 0 saturated carbocycles. The average molecular weight is 459 g/mol. The normalized spacial score (nSPS) is 13.0. The summed E-state index contributed by atoms with van der Waals surface area (Å²) in [7, 11) is 1.33. The van der Waals surface area contributed by atoms with Crippen LogP contribution in [0.25, 0.3) is 10.2 Å². The highest BCUT2D eigenvalue weighted by Crippen LogP contribution is 2.37. The Morgan fingerprint density at radius 1 is 1.19 bits per heavy atom. The molecule has 9 heteroatoms. The summed E-state index contributed by atoms with van der Waals surface area (Å²) in [6.45, 7) is 0.136. The zero-order chi connectivity index (χ0) is 21.6. The number of esters is 1. The molecule has 0 saturated heterocycles. The predicted molar refractivity (Wildman–Crippen MR) is 120 cm³/mol. The van der Waals surface area contributed by atoms with Crippen LogP contribution in [-0.4, -0.2) is 36.1 Å². The van der Waals surface area contributed by atoms with Crippen molar-refractivity contribution in [2.75, 3.05) is 19.7 Å². The van der Waals surface area contributed by atoms with Crippen molar-refractivity contribution in [3.05, 3.63) is 52.8 Å². The molecule has 0 radical (unpaired) electrons. The molecule has 1 amide bonds. The van der Waals surface area contributed by atoms with Crippen LogP contribution < -0.4 is 14.3 Å². The fourth-order valence-corrected chi connectivity index (χ4v) is 5.12. The Hall–Kier alpha value is -2.78. The fourth-order valence-electron chi connectivity index (χ4n) is 3.14. The smallest absolute Gasteiger partial charge is 0.325 e. The van der Waals surface area contributed by atoms with Gasteiger partial charge in [-0.3, -0.25) is 9.59 Å². The van der Waals surface area contributed by atoms with Crippen molar-refractivity contribution in [1.82, 2.24) is 4.57 Å². The summed E-state index contributed by atoms with van der Waals surface area (Å²) >= 11 is 3.14. The molecule has 31 heavy (non-hydrogen) atoms. The van der Waals surface area contributed by atoms with Crippen molar-refractivity contribution in [1.29, 1.82) is 0 Å². The van der Waals surface area contributed by atoms with E-state index in [-0.39, 0.29) is 19.2 Å². The standard InChI is InChI=1S/C22H22N2O5S2/c1-27-21(26)12-24-16-10-17-18(29-14-28-17)11-19(16)31-22(24)23-20(25)8-5-9-30-13-15-6-3-2-4-7-15/h2-4,6-7,10-11H,5,8-9,12-14H2,1H3. The number of aromatic nitrogens is 1. The molecule has 1 aliphatic rings. The minimum Gasteiger partial charge on any atom is -0.468 e. The predicted octanol–water partition coefficient (Wildman–Crippen LogP) is 3.75. The highest BCUT2D eigenvalue weighted by molar-refractivity contribution is 7.98. The number of amides is 1. The molecule has 1 aromatic heterocycles. The van der Waals surface area contributed by atoms with Crippen LogP contribution in [0.4, 0.5) is 0 Å². The number of methoxy groups -OCH3 is 1. The van der Waals surface area contributed by atoms with Gasteiger partial charge in [-0.15, -0.1) is 0 Å². The number of thiazole rings is 1. The fraction of sp³-hybridized carbons (Fsp3) is 0.318. The van der Waals surface area contributed by atoms with Crippen molar-refractivity contribution in [2.45, 2.75) is 25.1 Å². The van der Waals surface area contributed by atoms with E-state index in [1.54, 1.807) is 22.4 Å². The molecular weight excluding hydrogens is 436 g/mol. The summed E-state index contributed by atoms with van der Waals surface area (Å²) < 4.78 is 18.2. The number of rotatable bonds is 8. The summed E-state index contributed by atoms with van der Waals surface area (Å²) in [6.07, 6.45) is 1.11. The Morgan fingerprint density at radius 3 is 2.74 bits per heavy atom. The van der Waals surface area contributed by atoms with Gasteiger partial charge < -0.3 is 18.8 Å². The lowest BCUT2D eigenvalue weighted by Gasteiger charge is -2.04. The lowest BCUT2D eigenvalue weighted by atomic mass is 10.2. The lowest BCUT2D eigenvalue weighted by molar-refractivity contribution is -0.141. The van der Waals surface area contributed by atoms with Gasteiger partial charge in [-0.1, -0.05) is 41.7 Å². The minimum absolute atomic E-state index is 0.0326. The van der Waals surface area contributed by atoms with Gasteiger partial charge in [0.05, 0.1) is 17.3 Å². The monoisotopic (exact) mass is 458 g/mol. The van der Waals surface area contributed by atoms with Crippen molar-refractivity contribution in [3.8, 4) is 11.5 Å². The van der Waals surface area contributed by atoms with Gasteiger partial charge in [0.2, 0.25) is 12.7 Å². The van der Waals surface area contributed by atoms with E-state index in [4.69, 9.17) is 14.2 Å². The first kappa shape index (κ1) is 21.5. The van der Waals surface area contributed by atoms with Crippen LogP contribution in [0.2, 0.25) is 0 Å². The van der Waals surface area contributed by atoms with E-state index in [9.17, 15) is 9.59 Å². The quantitative estimate of drug-likeness (QED) is 0.378. The van der Waals surface area contributed by atoms with E-state index < -0.39 is 5.97 Å². The molecular formula is C22H22N2O5S2. The number of carbonyl (C=O) groups excluding carboxylic acids is 2. The van der Waals surface area contributed by atoms with Crippen LogP contribution >= 0.6 is 23.1 Å². The Labute approximate surface area is 187 Å². The van der Waals surface area contributed by atoms with Gasteiger partial charge in [0.25, 0.3) is 0 Å². The molecule has 0 spiro atoms. The van der Waals surface area contributed by atoms with Crippen molar-refractivity contribution in [3.63, 3.8) is 0 Å². The van der Waals surface area contributed by atoms with Gasteiger partial charge in [-0.2, -0.15) is 16.8 Å². The first-order valence-electron chi connectivity index (χ1n) is 9.83. The highest BCUT2D eigenvalue weighted by atomic mass is 32.2. The first-order valence-corrected chi connectivity index (χ1v) is 11.8. The molecule has 0 atom stereocenters. The van der Waals surface area contributed by atoms with Gasteiger partial charge >= 0.3 is 5.97 Å². The molecule has 1 aliphatic heterocycles. The molecule has 2 heterocycles. The Kier molecular flexibility index (Phi) is 6.93. The van der Waals surface area contributed by atoms with Gasteiger partial charge in [0.15, 0.2) is 16.3 Å². The zero-order valence-corrected chi connectivity index (χ0v) is 18.7. The van der Waals surface area contributed by atoms with Crippen LogP contribution in [-0.2, 0) is 26.6 Å². The summed E-state index contributed by atoms with van der Waals surface area (Å²) in [5.41, 5.74) is 2.03. The molecule has 0 unspecified atom stereocenters. The van der Waals surface area contributed by atoms with Crippen LogP contribution in [0.1, 0.15) is 18.4 Å². The number of hydrogen-bond acceptors (Lipinski definition) is 7. The second-order valence-corrected chi connectivity index (χ2v) is 8.98. The van der Waals surface area contributed by atoms with Crippen molar-refractivity contribution in [2.24, 2.45) is 4.99 Å². The Balaban J connectivity index is 1.45. The minimum atomic E-state index is -0.413. The van der Waals surface area contributed by atoms with Crippen LogP contribution in [0, 0.1) is 0 Å². The molecule has 0 aliphatic carbocycles. The van der Waals surface area contributed by atoms with Gasteiger partial charge in [0, 0.05) is 24.3 Å². The number of nitrogens with zero attached hydrogens (tertiary/aromatic N) is 2. The lowest BCUT2D eigenvalue weighted by Crippen LogP contribution is -2.22. The third-order valence-corrected chi connectivity index (χ3v) is 6.86. The number of ether oxygens (including phenoxy) is 3. The number of hydrogen-bond donors (Lipinski definition) is 0. The van der Waals surface area contributed by atoms with Crippen molar-refractivity contribution < 1.29 is 23.8 Å². The first-order chi connectivity index (χ1) is 15.1. The molecule has 0 N–H and O–H groups in total. The molecule has 162 valence electrons. The molecule has 3 aromatic rings. The van der Waals surface area contributed by atoms with E-state index in [1.165, 1.54) is 24.0 Å². The molecule has 0 bridgehead atoms. The maximum atomic E-state index is 12.5. The molecule has 2 aromatic carbocycles. The van der Waals surface area contributed by atoms with Gasteiger partial charge in [-0.25, -0.2) is 0 Å². The number of thioether (sulfide) groups is 1. The number of fused-ring (bicyclic) bond motifs is 2. The summed E-state index contributed by atoms with van der Waals surface area (Å²) in [5.74, 6) is 2.45. The van der Waals surface area contributed by atoms with E-state index in [0.29, 0.717) is 22.7 Å². The average Bonchev–Trinajstić information content (AvgIpc) is 3.36. The van der Waals surface area contributed by atoms with Crippen molar-refractivity contribution >= 4 is 45.2 Å². The van der Waals surface area contributed by atoms with Crippen LogP contribution in [0.5, 0.6) is 11.5 Å². The SMILES string of the molecule is COC(=O)Cn1c(=NC(=O)CCCSCc2ccccc2)sc2cc3c(cc21)OCO3. The number of benzene rings is 2. The number of carbonyl (C=O) groups is 2. The zero-order valence-electron chi connectivity index (χ0n) is 17.0. The largest absolute Gasteiger partial charge is 0.468 e. The summed E-state index contributed by atoms with van der Waals surface area (Å²) in [5, 5.41) is 0. The maximum Gasteiger partial charge on any atom is 0.325 e. The molecule has 7 nitrogen and oxygen atoms in total.